The molecule has 2 N–H and O–H groups in total. The molecule has 1 aliphatic carbocycles. The van der Waals surface area contributed by atoms with Gasteiger partial charge >= 0.3 is 6.09 Å². The van der Waals surface area contributed by atoms with E-state index in [1.54, 1.807) is 6.92 Å². The monoisotopic (exact) mass is 253 g/mol. The number of epoxide rings is 1. The van der Waals surface area contributed by atoms with Crippen molar-refractivity contribution < 1.29 is 19.4 Å². The first-order chi connectivity index (χ1) is 8.51. The number of ether oxygens (including phenoxy) is 1. The van der Waals surface area contributed by atoms with Crippen LogP contribution in [0.2, 0.25) is 0 Å². The van der Waals surface area contributed by atoms with E-state index in [0.29, 0.717) is 13.0 Å². The number of hydrogen-bond acceptors (Lipinski definition) is 3. The van der Waals surface area contributed by atoms with Crippen molar-refractivity contribution in [1.29, 1.82) is 0 Å². The Bertz CT molecular complexity index is 384. The molecule has 0 radical (unpaired) electrons. The molecule has 1 saturated heterocycles. The number of allylic oxidation sites excluding steroid dienone is 1. The predicted molar refractivity (Wildman–Crippen MR) is 65.5 cm³/mol. The summed E-state index contributed by atoms with van der Waals surface area (Å²) in [5.41, 5.74) is 0.403. The Kier molecular flexibility index (Phi) is 3.71. The van der Waals surface area contributed by atoms with Gasteiger partial charge in [-0.05, 0) is 39.0 Å². The smallest absolute Gasteiger partial charge is 0.405 e. The highest BCUT2D eigenvalue weighted by Crippen LogP contribution is 2.31. The molecule has 5 heteroatoms. The highest BCUT2D eigenvalue weighted by atomic mass is 16.6. The van der Waals surface area contributed by atoms with Gasteiger partial charge in [0.1, 0.15) is 5.60 Å². The molecule has 2 unspecified atom stereocenters. The molecule has 2 atom stereocenters. The van der Waals surface area contributed by atoms with Crippen LogP contribution in [0.5, 0.6) is 0 Å². The summed E-state index contributed by atoms with van der Waals surface area (Å²) in [4.78, 5) is 22.9. The maximum absolute atomic E-state index is 12.2. The Morgan fingerprint density at radius 2 is 2.28 bits per heavy atom. The second kappa shape index (κ2) is 5.10. The Morgan fingerprint density at radius 1 is 1.56 bits per heavy atom. The minimum atomic E-state index is -1.16. The van der Waals surface area contributed by atoms with Crippen LogP contribution in [0, 0.1) is 0 Å². The number of Topliss-reactive ketones (excluding diaryl/α,β-unsaturated/α-hetero) is 1. The van der Waals surface area contributed by atoms with Crippen molar-refractivity contribution in [1.82, 2.24) is 5.32 Å². The van der Waals surface area contributed by atoms with E-state index in [2.05, 4.69) is 11.4 Å². The topological polar surface area (TPSA) is 78.9 Å². The summed E-state index contributed by atoms with van der Waals surface area (Å²) < 4.78 is 5.11. The molecule has 1 aliphatic heterocycles. The molecule has 1 amide bonds. The Balaban J connectivity index is 2.02. The van der Waals surface area contributed by atoms with Crippen molar-refractivity contribution in [3.8, 4) is 0 Å². The maximum Gasteiger partial charge on any atom is 0.405 e. The van der Waals surface area contributed by atoms with Crippen molar-refractivity contribution >= 4 is 11.9 Å². The minimum Gasteiger partial charge on any atom is -0.465 e. The molecule has 2 aliphatic rings. The zero-order valence-electron chi connectivity index (χ0n) is 10.6. The van der Waals surface area contributed by atoms with Gasteiger partial charge in [-0.15, -0.1) is 0 Å². The number of ketones is 1. The first-order valence-corrected chi connectivity index (χ1v) is 6.37. The zero-order chi connectivity index (χ0) is 13.2. The molecule has 0 bridgehead atoms. The molecule has 1 heterocycles. The molecule has 0 spiro atoms. The number of nitrogens with one attached hydrogen (secondary N) is 1. The molecule has 0 aromatic carbocycles. The van der Waals surface area contributed by atoms with E-state index in [1.165, 1.54) is 12.0 Å². The highest BCUT2D eigenvalue weighted by molar-refractivity contribution is 5.95. The molecule has 0 aromatic heterocycles. The van der Waals surface area contributed by atoms with Gasteiger partial charge in [-0.25, -0.2) is 4.79 Å². The molecule has 5 nitrogen and oxygen atoms in total. The molecular weight excluding hydrogens is 234 g/mol. The summed E-state index contributed by atoms with van der Waals surface area (Å²) >= 11 is 0. The highest BCUT2D eigenvalue weighted by Gasteiger charge is 2.50. The second-order valence-corrected chi connectivity index (χ2v) is 5.20. The summed E-state index contributed by atoms with van der Waals surface area (Å²) in [6.07, 6.45) is 5.73. The average Bonchev–Trinajstić information content (AvgIpc) is 3.08. The summed E-state index contributed by atoms with van der Waals surface area (Å²) in [5.74, 6) is -0.156. The van der Waals surface area contributed by atoms with Crippen LogP contribution in [0.4, 0.5) is 4.79 Å². The Morgan fingerprint density at radius 3 is 2.78 bits per heavy atom. The molecule has 0 saturated carbocycles. The molecule has 18 heavy (non-hydrogen) atoms. The van der Waals surface area contributed by atoms with Crippen LogP contribution in [-0.4, -0.2) is 35.2 Å². The van der Waals surface area contributed by atoms with Gasteiger partial charge in [0.25, 0.3) is 0 Å². The predicted octanol–water partition coefficient (Wildman–Crippen LogP) is 1.87. The van der Waals surface area contributed by atoms with Gasteiger partial charge in [-0.1, -0.05) is 11.6 Å². The third-order valence-electron chi connectivity index (χ3n) is 3.56. The van der Waals surface area contributed by atoms with Gasteiger partial charge in [-0.3, -0.25) is 4.79 Å². The van der Waals surface area contributed by atoms with Gasteiger partial charge in [0.2, 0.25) is 0 Å². The first-order valence-electron chi connectivity index (χ1n) is 6.37. The van der Waals surface area contributed by atoms with Crippen molar-refractivity contribution in [2.45, 2.75) is 50.7 Å². The van der Waals surface area contributed by atoms with Gasteiger partial charge in [0.05, 0.1) is 12.6 Å². The van der Waals surface area contributed by atoms with Crippen LogP contribution in [0.1, 0.15) is 39.0 Å². The molecule has 100 valence electrons. The fourth-order valence-electron chi connectivity index (χ4n) is 2.33. The van der Waals surface area contributed by atoms with Gasteiger partial charge in [0.15, 0.2) is 5.78 Å². The number of rotatable bonds is 5. The quantitative estimate of drug-likeness (QED) is 0.579. The zero-order valence-corrected chi connectivity index (χ0v) is 10.6. The largest absolute Gasteiger partial charge is 0.465 e. The van der Waals surface area contributed by atoms with Crippen LogP contribution in [0.25, 0.3) is 0 Å². The van der Waals surface area contributed by atoms with E-state index in [4.69, 9.17) is 9.84 Å². The number of carboxylic acid groups (broad SMARTS) is 1. The lowest BCUT2D eigenvalue weighted by atomic mass is 9.90. The van der Waals surface area contributed by atoms with Gasteiger partial charge in [0, 0.05) is 0 Å². The second-order valence-electron chi connectivity index (χ2n) is 5.20. The van der Waals surface area contributed by atoms with E-state index in [-0.39, 0.29) is 5.78 Å². The summed E-state index contributed by atoms with van der Waals surface area (Å²) in [6.45, 7) is 2.10. The number of hydrogen-bond donors (Lipinski definition) is 2. The summed E-state index contributed by atoms with van der Waals surface area (Å²) in [7, 11) is 0. The lowest BCUT2D eigenvalue weighted by Crippen LogP contribution is -2.45. The molecule has 1 fully saturated rings. The average molecular weight is 253 g/mol. The van der Waals surface area contributed by atoms with E-state index < -0.39 is 17.7 Å². The van der Waals surface area contributed by atoms with Crippen LogP contribution in [-0.2, 0) is 9.53 Å². The van der Waals surface area contributed by atoms with Crippen molar-refractivity contribution in [3.05, 3.63) is 11.6 Å². The lowest BCUT2D eigenvalue weighted by Gasteiger charge is -2.21. The van der Waals surface area contributed by atoms with Crippen molar-refractivity contribution in [3.63, 3.8) is 0 Å². The molecule has 2 rings (SSSR count). The van der Waals surface area contributed by atoms with E-state index in [9.17, 15) is 9.59 Å². The number of amides is 1. The van der Waals surface area contributed by atoms with E-state index in [1.807, 2.05) is 0 Å². The van der Waals surface area contributed by atoms with E-state index >= 15 is 0 Å². The molecular formula is C13H19NO4. The third-order valence-corrected chi connectivity index (χ3v) is 3.56. The van der Waals surface area contributed by atoms with Crippen LogP contribution < -0.4 is 5.32 Å². The summed E-state index contributed by atoms with van der Waals surface area (Å²) in [6, 6.07) is -0.681. The van der Waals surface area contributed by atoms with Gasteiger partial charge in [-0.2, -0.15) is 0 Å². The van der Waals surface area contributed by atoms with Gasteiger partial charge < -0.3 is 15.2 Å². The lowest BCUT2D eigenvalue weighted by molar-refractivity contribution is -0.125. The Hall–Kier alpha value is -1.36. The minimum absolute atomic E-state index is 0.156. The Labute approximate surface area is 106 Å². The SMILES string of the molecule is CC1(C(=O)C(CC2=CCCCC2)NC(=O)O)CO1. The van der Waals surface area contributed by atoms with Crippen LogP contribution in [0.3, 0.4) is 0 Å². The standard InChI is InChI=1S/C13H19NO4/c1-13(8-18-13)11(15)10(14-12(16)17)7-9-5-3-2-4-6-9/h5,10,14H,2-4,6-8H2,1H3,(H,16,17). The number of carbonyl (C=O) groups excluding carboxylic acids is 1. The van der Waals surface area contributed by atoms with E-state index in [0.717, 1.165) is 19.3 Å². The fraction of sp³-hybridized carbons (Fsp3) is 0.692. The van der Waals surface area contributed by atoms with Crippen LogP contribution in [0.15, 0.2) is 11.6 Å². The first kappa shape index (κ1) is 13.1. The normalized spacial score (nSPS) is 28.2. The molecule has 0 aromatic rings. The van der Waals surface area contributed by atoms with Crippen molar-refractivity contribution in [2.24, 2.45) is 0 Å². The van der Waals surface area contributed by atoms with Crippen molar-refractivity contribution in [2.75, 3.05) is 6.61 Å². The van der Waals surface area contributed by atoms with Crippen LogP contribution >= 0.6 is 0 Å². The number of carbonyl (C=O) groups is 2. The summed E-state index contributed by atoms with van der Waals surface area (Å²) in [5, 5.41) is 11.1. The fourth-order valence-corrected chi connectivity index (χ4v) is 2.33. The third kappa shape index (κ3) is 3.10. The maximum atomic E-state index is 12.2.